The van der Waals surface area contributed by atoms with Gasteiger partial charge in [0.25, 0.3) is 10.0 Å². The zero-order valence-electron chi connectivity index (χ0n) is 10.9. The highest BCUT2D eigenvalue weighted by Gasteiger charge is 2.19. The monoisotopic (exact) mass is 373 g/mol. The number of nitrogens with one attached hydrogen (secondary N) is 1. The van der Waals surface area contributed by atoms with Crippen LogP contribution in [0.1, 0.15) is 11.1 Å². The summed E-state index contributed by atoms with van der Waals surface area (Å²) in [6.45, 7) is 3.70. The second kappa shape index (κ2) is 5.76. The van der Waals surface area contributed by atoms with Gasteiger partial charge >= 0.3 is 0 Å². The fraction of sp³-hybridized carbons (Fsp3) is 0.143. The molecule has 0 heterocycles. The zero-order valence-corrected chi connectivity index (χ0v) is 14.1. The van der Waals surface area contributed by atoms with Gasteiger partial charge in [0.15, 0.2) is 0 Å². The number of benzene rings is 2. The van der Waals surface area contributed by atoms with Crippen molar-refractivity contribution in [2.75, 3.05) is 4.72 Å². The van der Waals surface area contributed by atoms with Gasteiger partial charge in [0.2, 0.25) is 0 Å². The molecule has 0 radical (unpaired) electrons. The summed E-state index contributed by atoms with van der Waals surface area (Å²) in [5.41, 5.74) is 2.15. The Hall–Kier alpha value is -1.04. The molecule has 0 saturated heterocycles. The van der Waals surface area contributed by atoms with Crippen LogP contribution in [0, 0.1) is 13.8 Å². The Labute approximate surface area is 132 Å². The fourth-order valence-electron chi connectivity index (χ4n) is 1.77. The minimum Gasteiger partial charge on any atom is -0.278 e. The predicted molar refractivity (Wildman–Crippen MR) is 85.9 cm³/mol. The Kier molecular flexibility index (Phi) is 4.42. The van der Waals surface area contributed by atoms with E-state index in [2.05, 4.69) is 20.7 Å². The Morgan fingerprint density at radius 3 is 2.45 bits per heavy atom. The van der Waals surface area contributed by atoms with Gasteiger partial charge < -0.3 is 0 Å². The summed E-state index contributed by atoms with van der Waals surface area (Å²) in [6, 6.07) is 10.3. The van der Waals surface area contributed by atoms with E-state index in [-0.39, 0.29) is 4.90 Å². The summed E-state index contributed by atoms with van der Waals surface area (Å²) >= 11 is 9.33. The summed E-state index contributed by atoms with van der Waals surface area (Å²) in [5.74, 6) is 0. The average molecular weight is 375 g/mol. The van der Waals surface area contributed by atoms with Gasteiger partial charge in [-0.25, -0.2) is 8.42 Å². The number of hydrogen-bond acceptors (Lipinski definition) is 2. The first-order chi connectivity index (χ1) is 9.31. The van der Waals surface area contributed by atoms with Gasteiger partial charge in [-0.05, 0) is 59.1 Å². The summed E-state index contributed by atoms with van der Waals surface area (Å²) in [5, 5.41) is 0.372. The highest BCUT2D eigenvalue weighted by molar-refractivity contribution is 9.10. The standard InChI is InChI=1S/C14H13BrClNO2S/c1-9-6-7-13(11(15)8-9)20(18,19)17-14-10(2)4-3-5-12(14)16/h3-8,17H,1-2H3. The summed E-state index contributed by atoms with van der Waals surface area (Å²) in [6.07, 6.45) is 0. The lowest BCUT2D eigenvalue weighted by Gasteiger charge is -2.13. The molecule has 0 aromatic heterocycles. The molecule has 0 saturated carbocycles. The van der Waals surface area contributed by atoms with Crippen molar-refractivity contribution in [2.45, 2.75) is 18.7 Å². The third-order valence-corrected chi connectivity index (χ3v) is 5.48. The quantitative estimate of drug-likeness (QED) is 0.858. The van der Waals surface area contributed by atoms with Gasteiger partial charge in [-0.2, -0.15) is 0 Å². The van der Waals surface area contributed by atoms with E-state index < -0.39 is 10.0 Å². The molecule has 0 aliphatic carbocycles. The van der Waals surface area contributed by atoms with E-state index in [1.807, 2.05) is 6.92 Å². The van der Waals surface area contributed by atoms with Crippen molar-refractivity contribution in [2.24, 2.45) is 0 Å². The van der Waals surface area contributed by atoms with Crippen LogP contribution in [-0.2, 0) is 10.0 Å². The van der Waals surface area contributed by atoms with Crippen molar-refractivity contribution in [1.29, 1.82) is 0 Å². The zero-order chi connectivity index (χ0) is 14.9. The number of anilines is 1. The molecule has 2 rings (SSSR count). The number of rotatable bonds is 3. The number of halogens is 2. The third kappa shape index (κ3) is 3.16. The molecule has 0 spiro atoms. The molecular weight excluding hydrogens is 362 g/mol. The predicted octanol–water partition coefficient (Wildman–Crippen LogP) is 4.52. The minimum atomic E-state index is -3.69. The van der Waals surface area contributed by atoms with Crippen molar-refractivity contribution in [3.05, 3.63) is 57.0 Å². The second-order valence-electron chi connectivity index (χ2n) is 4.47. The molecule has 2 aromatic carbocycles. The lowest BCUT2D eigenvalue weighted by atomic mass is 10.2. The molecule has 0 aliphatic rings. The normalized spacial score (nSPS) is 11.4. The van der Waals surface area contributed by atoms with Crippen LogP contribution in [-0.4, -0.2) is 8.42 Å². The molecule has 0 unspecified atom stereocenters. The molecule has 3 nitrogen and oxygen atoms in total. The second-order valence-corrected chi connectivity index (χ2v) is 7.38. The van der Waals surface area contributed by atoms with Crippen molar-refractivity contribution < 1.29 is 8.42 Å². The smallest absolute Gasteiger partial charge is 0.263 e. The van der Waals surface area contributed by atoms with Crippen molar-refractivity contribution >= 4 is 43.2 Å². The van der Waals surface area contributed by atoms with E-state index in [0.717, 1.165) is 11.1 Å². The molecule has 0 atom stereocenters. The van der Waals surface area contributed by atoms with E-state index in [4.69, 9.17) is 11.6 Å². The van der Waals surface area contributed by atoms with Crippen molar-refractivity contribution in [3.8, 4) is 0 Å². The third-order valence-electron chi connectivity index (χ3n) is 2.84. The van der Waals surface area contributed by atoms with E-state index >= 15 is 0 Å². The number of sulfonamides is 1. The van der Waals surface area contributed by atoms with Gasteiger partial charge in [0, 0.05) is 4.47 Å². The maximum absolute atomic E-state index is 12.4. The Balaban J connectivity index is 2.46. The van der Waals surface area contributed by atoms with Gasteiger partial charge in [-0.1, -0.05) is 29.8 Å². The largest absolute Gasteiger partial charge is 0.278 e. The Morgan fingerprint density at radius 2 is 1.85 bits per heavy atom. The molecule has 20 heavy (non-hydrogen) atoms. The van der Waals surface area contributed by atoms with E-state index in [1.54, 1.807) is 43.3 Å². The lowest BCUT2D eigenvalue weighted by molar-refractivity contribution is 0.600. The maximum atomic E-state index is 12.4. The molecule has 2 aromatic rings. The summed E-state index contributed by atoms with van der Waals surface area (Å²) < 4.78 is 27.9. The molecule has 0 aliphatic heterocycles. The van der Waals surface area contributed by atoms with Gasteiger partial charge in [-0.3, -0.25) is 4.72 Å². The number of para-hydroxylation sites is 1. The van der Waals surface area contributed by atoms with Crippen molar-refractivity contribution in [3.63, 3.8) is 0 Å². The van der Waals surface area contributed by atoms with Crippen LogP contribution in [0.4, 0.5) is 5.69 Å². The van der Waals surface area contributed by atoms with E-state index in [9.17, 15) is 8.42 Å². The molecule has 0 fully saturated rings. The lowest BCUT2D eigenvalue weighted by Crippen LogP contribution is -2.14. The minimum absolute atomic E-state index is 0.183. The summed E-state index contributed by atoms with van der Waals surface area (Å²) in [4.78, 5) is 0.183. The highest BCUT2D eigenvalue weighted by atomic mass is 79.9. The van der Waals surface area contributed by atoms with E-state index in [1.165, 1.54) is 0 Å². The first-order valence-corrected chi connectivity index (χ1v) is 8.51. The topological polar surface area (TPSA) is 46.2 Å². The van der Waals surface area contributed by atoms with Gasteiger partial charge in [0.1, 0.15) is 4.90 Å². The summed E-state index contributed by atoms with van der Waals surface area (Å²) in [7, 11) is -3.69. The van der Waals surface area contributed by atoms with Crippen molar-refractivity contribution in [1.82, 2.24) is 0 Å². The molecule has 0 amide bonds. The molecular formula is C14H13BrClNO2S. The van der Waals surface area contributed by atoms with Gasteiger partial charge in [-0.15, -0.1) is 0 Å². The SMILES string of the molecule is Cc1ccc(S(=O)(=O)Nc2c(C)cccc2Cl)c(Br)c1. The van der Waals surface area contributed by atoms with Gasteiger partial charge in [0.05, 0.1) is 10.7 Å². The highest BCUT2D eigenvalue weighted by Crippen LogP contribution is 2.30. The average Bonchev–Trinajstić information content (AvgIpc) is 2.33. The van der Waals surface area contributed by atoms with Crippen LogP contribution in [0.25, 0.3) is 0 Å². The van der Waals surface area contributed by atoms with Crippen LogP contribution in [0.2, 0.25) is 5.02 Å². The first-order valence-electron chi connectivity index (χ1n) is 5.85. The molecule has 0 bridgehead atoms. The maximum Gasteiger partial charge on any atom is 0.263 e. The first kappa shape index (κ1) is 15.4. The van der Waals surface area contributed by atoms with Crippen LogP contribution >= 0.6 is 27.5 Å². The van der Waals surface area contributed by atoms with Crippen LogP contribution in [0.5, 0.6) is 0 Å². The number of hydrogen-bond donors (Lipinski definition) is 1. The molecule has 106 valence electrons. The van der Waals surface area contributed by atoms with Crippen LogP contribution < -0.4 is 4.72 Å². The number of aryl methyl sites for hydroxylation is 2. The van der Waals surface area contributed by atoms with Crippen LogP contribution in [0.3, 0.4) is 0 Å². The Morgan fingerprint density at radius 1 is 1.15 bits per heavy atom. The Bertz CT molecular complexity index is 740. The molecule has 6 heteroatoms. The van der Waals surface area contributed by atoms with E-state index in [0.29, 0.717) is 15.2 Å². The fourth-order valence-corrected chi connectivity index (χ4v) is 4.44. The van der Waals surface area contributed by atoms with Crippen LogP contribution in [0.15, 0.2) is 45.8 Å². The molecule has 1 N–H and O–H groups in total.